The van der Waals surface area contributed by atoms with E-state index in [2.05, 4.69) is 5.32 Å². The molecule has 2 heterocycles. The minimum absolute atomic E-state index is 0.0395. The summed E-state index contributed by atoms with van der Waals surface area (Å²) < 4.78 is 5.55. The van der Waals surface area contributed by atoms with E-state index in [0.717, 1.165) is 25.7 Å². The summed E-state index contributed by atoms with van der Waals surface area (Å²) in [6.07, 6.45) is 4.52. The Morgan fingerprint density at radius 2 is 1.90 bits per heavy atom. The van der Waals surface area contributed by atoms with Gasteiger partial charge in [0.15, 0.2) is 11.9 Å². The van der Waals surface area contributed by atoms with E-state index in [4.69, 9.17) is 10.5 Å². The molecule has 0 aromatic heterocycles. The number of rotatable bonds is 3. The molecule has 1 saturated heterocycles. The Balaban J connectivity index is 1.36. The van der Waals surface area contributed by atoms with Gasteiger partial charge in [0.25, 0.3) is 5.91 Å². The van der Waals surface area contributed by atoms with Crippen molar-refractivity contribution in [2.24, 2.45) is 17.6 Å². The maximum atomic E-state index is 13.0. The van der Waals surface area contributed by atoms with Crippen molar-refractivity contribution >= 4 is 23.3 Å². The molecule has 0 bridgehead atoms. The Hall–Kier alpha value is -2.41. The predicted octanol–water partition coefficient (Wildman–Crippen LogP) is 2.34. The zero-order chi connectivity index (χ0) is 20.5. The number of amides is 2. The SMILES string of the molecule is CC1Oc2ccc(C(=O)C3CCN(C(=O)C4CCCC(N)C4)CC3)cc2NC1=O. The van der Waals surface area contributed by atoms with Crippen LogP contribution in [0.25, 0.3) is 0 Å². The molecule has 3 atom stereocenters. The highest BCUT2D eigenvalue weighted by Gasteiger charge is 2.33. The van der Waals surface area contributed by atoms with E-state index >= 15 is 0 Å². The van der Waals surface area contributed by atoms with Gasteiger partial charge in [-0.05, 0) is 57.2 Å². The number of piperidine rings is 1. The first-order chi connectivity index (χ1) is 13.9. The van der Waals surface area contributed by atoms with Crippen molar-refractivity contribution < 1.29 is 19.1 Å². The van der Waals surface area contributed by atoms with E-state index in [1.807, 2.05) is 4.90 Å². The normalized spacial score (nSPS) is 27.6. The smallest absolute Gasteiger partial charge is 0.265 e. The number of benzene rings is 1. The van der Waals surface area contributed by atoms with Crippen molar-refractivity contribution in [1.29, 1.82) is 0 Å². The Morgan fingerprint density at radius 1 is 1.14 bits per heavy atom. The summed E-state index contributed by atoms with van der Waals surface area (Å²) in [7, 11) is 0. The number of fused-ring (bicyclic) bond motifs is 1. The zero-order valence-electron chi connectivity index (χ0n) is 16.9. The molecule has 1 saturated carbocycles. The molecule has 1 aliphatic carbocycles. The Morgan fingerprint density at radius 3 is 2.62 bits per heavy atom. The van der Waals surface area contributed by atoms with Crippen molar-refractivity contribution in [3.8, 4) is 5.75 Å². The van der Waals surface area contributed by atoms with Gasteiger partial charge in [0.05, 0.1) is 5.69 Å². The maximum absolute atomic E-state index is 13.0. The summed E-state index contributed by atoms with van der Waals surface area (Å²) >= 11 is 0. The molecule has 1 aromatic rings. The minimum Gasteiger partial charge on any atom is -0.479 e. The highest BCUT2D eigenvalue weighted by molar-refractivity contribution is 6.02. The standard InChI is InChI=1S/C22H29N3O4/c1-13-21(27)24-18-12-15(5-6-19(18)29-13)20(26)14-7-9-25(10-8-14)22(28)16-3-2-4-17(23)11-16/h5-6,12-14,16-17H,2-4,7-11,23H2,1H3,(H,24,27). The minimum atomic E-state index is -0.537. The Kier molecular flexibility index (Phi) is 5.58. The number of ether oxygens (including phenoxy) is 1. The number of carbonyl (C=O) groups is 3. The number of likely N-dealkylation sites (tertiary alicyclic amines) is 1. The van der Waals surface area contributed by atoms with E-state index in [1.165, 1.54) is 0 Å². The lowest BCUT2D eigenvalue weighted by molar-refractivity contribution is -0.138. The van der Waals surface area contributed by atoms with Gasteiger partial charge in [0.2, 0.25) is 5.91 Å². The molecular formula is C22H29N3O4. The number of nitrogens with zero attached hydrogens (tertiary/aromatic N) is 1. The van der Waals surface area contributed by atoms with Crippen molar-refractivity contribution in [1.82, 2.24) is 4.90 Å². The molecule has 3 unspecified atom stereocenters. The van der Waals surface area contributed by atoms with Gasteiger partial charge in [-0.2, -0.15) is 0 Å². The number of Topliss-reactive ketones (excluding diaryl/α,β-unsaturated/α-hetero) is 1. The number of nitrogens with one attached hydrogen (secondary N) is 1. The fourth-order valence-electron chi connectivity index (χ4n) is 4.67. The molecule has 1 aromatic carbocycles. The quantitative estimate of drug-likeness (QED) is 0.760. The van der Waals surface area contributed by atoms with E-state index in [1.54, 1.807) is 25.1 Å². The zero-order valence-corrected chi connectivity index (χ0v) is 16.9. The van der Waals surface area contributed by atoms with E-state index in [0.29, 0.717) is 42.9 Å². The third-order valence-electron chi connectivity index (χ3n) is 6.44. The summed E-state index contributed by atoms with van der Waals surface area (Å²) in [5.41, 5.74) is 7.15. The lowest BCUT2D eigenvalue weighted by Crippen LogP contribution is -2.45. The number of ketones is 1. The fourth-order valence-corrected chi connectivity index (χ4v) is 4.67. The van der Waals surface area contributed by atoms with Crippen LogP contribution in [0, 0.1) is 11.8 Å². The number of hydrogen-bond acceptors (Lipinski definition) is 5. The lowest BCUT2D eigenvalue weighted by atomic mass is 9.84. The van der Waals surface area contributed by atoms with Crippen LogP contribution in [0.4, 0.5) is 5.69 Å². The van der Waals surface area contributed by atoms with Crippen molar-refractivity contribution in [3.63, 3.8) is 0 Å². The first-order valence-corrected chi connectivity index (χ1v) is 10.6. The van der Waals surface area contributed by atoms with Crippen LogP contribution in [0.3, 0.4) is 0 Å². The average molecular weight is 399 g/mol. The van der Waals surface area contributed by atoms with Crippen LogP contribution >= 0.6 is 0 Å². The fraction of sp³-hybridized carbons (Fsp3) is 0.591. The van der Waals surface area contributed by atoms with Gasteiger partial charge in [-0.1, -0.05) is 6.42 Å². The van der Waals surface area contributed by atoms with E-state index < -0.39 is 6.10 Å². The van der Waals surface area contributed by atoms with Gasteiger partial charge in [-0.15, -0.1) is 0 Å². The summed E-state index contributed by atoms with van der Waals surface area (Å²) in [4.78, 5) is 39.5. The summed E-state index contributed by atoms with van der Waals surface area (Å²) in [6, 6.07) is 5.33. The number of nitrogens with two attached hydrogens (primary N) is 1. The molecule has 2 aliphatic heterocycles. The topological polar surface area (TPSA) is 102 Å². The average Bonchev–Trinajstić information content (AvgIpc) is 2.73. The van der Waals surface area contributed by atoms with Gasteiger partial charge in [-0.3, -0.25) is 14.4 Å². The monoisotopic (exact) mass is 399 g/mol. The first-order valence-electron chi connectivity index (χ1n) is 10.6. The van der Waals surface area contributed by atoms with Crippen LogP contribution in [0.15, 0.2) is 18.2 Å². The largest absolute Gasteiger partial charge is 0.479 e. The van der Waals surface area contributed by atoms with Gasteiger partial charge in [0, 0.05) is 36.5 Å². The molecular weight excluding hydrogens is 370 g/mol. The molecule has 2 fully saturated rings. The second kappa shape index (κ2) is 8.14. The lowest BCUT2D eigenvalue weighted by Gasteiger charge is -2.35. The van der Waals surface area contributed by atoms with E-state index in [-0.39, 0.29) is 35.5 Å². The first kappa shape index (κ1) is 19.9. The third-order valence-corrected chi connectivity index (χ3v) is 6.44. The van der Waals surface area contributed by atoms with Gasteiger partial charge in [-0.25, -0.2) is 0 Å². The van der Waals surface area contributed by atoms with Gasteiger partial charge < -0.3 is 20.7 Å². The molecule has 7 heteroatoms. The van der Waals surface area contributed by atoms with Crippen LogP contribution in [-0.2, 0) is 9.59 Å². The van der Waals surface area contributed by atoms with E-state index in [9.17, 15) is 14.4 Å². The predicted molar refractivity (Wildman–Crippen MR) is 109 cm³/mol. The van der Waals surface area contributed by atoms with Crippen LogP contribution in [0.5, 0.6) is 5.75 Å². The van der Waals surface area contributed by atoms with Crippen molar-refractivity contribution in [2.45, 2.75) is 57.6 Å². The van der Waals surface area contributed by atoms with Crippen LogP contribution in [-0.4, -0.2) is 47.7 Å². The second-order valence-corrected chi connectivity index (χ2v) is 8.55. The molecule has 2 amide bonds. The highest BCUT2D eigenvalue weighted by atomic mass is 16.5. The molecule has 4 rings (SSSR count). The second-order valence-electron chi connectivity index (χ2n) is 8.55. The molecule has 0 radical (unpaired) electrons. The van der Waals surface area contributed by atoms with Gasteiger partial charge >= 0.3 is 0 Å². The Bertz CT molecular complexity index is 816. The number of hydrogen-bond donors (Lipinski definition) is 2. The highest BCUT2D eigenvalue weighted by Crippen LogP contribution is 2.33. The number of anilines is 1. The number of carbonyl (C=O) groups excluding carboxylic acids is 3. The van der Waals surface area contributed by atoms with Crippen LogP contribution < -0.4 is 15.8 Å². The summed E-state index contributed by atoms with van der Waals surface area (Å²) in [5.74, 6) is 0.569. The van der Waals surface area contributed by atoms with Crippen LogP contribution in [0.2, 0.25) is 0 Å². The van der Waals surface area contributed by atoms with Crippen LogP contribution in [0.1, 0.15) is 55.8 Å². The maximum Gasteiger partial charge on any atom is 0.265 e. The molecule has 0 spiro atoms. The van der Waals surface area contributed by atoms with Gasteiger partial charge in [0.1, 0.15) is 5.75 Å². The third kappa shape index (κ3) is 4.15. The van der Waals surface area contributed by atoms with Crippen molar-refractivity contribution in [3.05, 3.63) is 23.8 Å². The summed E-state index contributed by atoms with van der Waals surface area (Å²) in [5, 5.41) is 2.79. The molecule has 3 aliphatic rings. The molecule has 7 nitrogen and oxygen atoms in total. The molecule has 156 valence electrons. The Labute approximate surface area is 171 Å². The van der Waals surface area contributed by atoms with Crippen molar-refractivity contribution in [2.75, 3.05) is 18.4 Å². The summed E-state index contributed by atoms with van der Waals surface area (Å²) in [6.45, 7) is 2.92. The molecule has 3 N–H and O–H groups in total. The molecule has 29 heavy (non-hydrogen) atoms.